The molecule has 1 heterocycles. The van der Waals surface area contributed by atoms with E-state index in [1.807, 2.05) is 18.2 Å². The summed E-state index contributed by atoms with van der Waals surface area (Å²) in [6, 6.07) is 5.71. The van der Waals surface area contributed by atoms with E-state index in [0.717, 1.165) is 34.1 Å². The van der Waals surface area contributed by atoms with Gasteiger partial charge in [0.15, 0.2) is 0 Å². The van der Waals surface area contributed by atoms with E-state index in [4.69, 9.17) is 0 Å². The third-order valence-electron chi connectivity index (χ3n) is 2.62. The molecule has 1 unspecified atom stereocenters. The second-order valence-electron chi connectivity index (χ2n) is 3.80. The maximum absolute atomic E-state index is 11.9. The molecule has 3 nitrogen and oxygen atoms in total. The van der Waals surface area contributed by atoms with Crippen LogP contribution in [0.15, 0.2) is 27.1 Å². The van der Waals surface area contributed by atoms with E-state index in [0.29, 0.717) is 0 Å². The average molecular weight is 348 g/mol. The lowest BCUT2D eigenvalue weighted by atomic mass is 10.1. The molecule has 2 rings (SSSR count). The number of hydrogen-bond donors (Lipinski definition) is 2. The minimum atomic E-state index is 0.0908. The van der Waals surface area contributed by atoms with Crippen LogP contribution >= 0.6 is 31.9 Å². The Labute approximate surface area is 111 Å². The minimum absolute atomic E-state index is 0.0908. The Morgan fingerprint density at radius 2 is 2.25 bits per heavy atom. The van der Waals surface area contributed by atoms with Crippen molar-refractivity contribution >= 4 is 43.5 Å². The topological polar surface area (TPSA) is 41.1 Å². The molecular weight excluding hydrogens is 336 g/mol. The molecule has 16 heavy (non-hydrogen) atoms. The van der Waals surface area contributed by atoms with Crippen LogP contribution in [0.1, 0.15) is 6.42 Å². The molecule has 0 aromatic heterocycles. The highest BCUT2D eigenvalue weighted by atomic mass is 79.9. The van der Waals surface area contributed by atoms with Crippen molar-refractivity contribution in [2.24, 2.45) is 5.92 Å². The number of carbonyl (C=O) groups excluding carboxylic acids is 1. The monoisotopic (exact) mass is 346 g/mol. The lowest BCUT2D eigenvalue weighted by Gasteiger charge is -2.11. The van der Waals surface area contributed by atoms with Crippen LogP contribution in [0.2, 0.25) is 0 Å². The summed E-state index contributed by atoms with van der Waals surface area (Å²) >= 11 is 6.80. The van der Waals surface area contributed by atoms with Crippen LogP contribution in [0.3, 0.4) is 0 Å². The number of halogens is 2. The molecule has 0 radical (unpaired) electrons. The summed E-state index contributed by atoms with van der Waals surface area (Å²) in [6.45, 7) is 1.71. The summed E-state index contributed by atoms with van der Waals surface area (Å²) in [5, 5.41) is 6.12. The summed E-state index contributed by atoms with van der Waals surface area (Å²) < 4.78 is 1.88. The SMILES string of the molecule is O=C(Nc1ccc(Br)cc1Br)C1CCNC1. The van der Waals surface area contributed by atoms with Gasteiger partial charge in [-0.05, 0) is 47.1 Å². The predicted octanol–water partition coefficient (Wildman–Crippen LogP) is 2.76. The van der Waals surface area contributed by atoms with Crippen molar-refractivity contribution in [1.82, 2.24) is 5.32 Å². The van der Waals surface area contributed by atoms with E-state index in [1.165, 1.54) is 0 Å². The number of rotatable bonds is 2. The Kier molecular flexibility index (Phi) is 4.00. The molecule has 0 spiro atoms. The number of carbonyl (C=O) groups is 1. The Balaban J connectivity index is 2.05. The van der Waals surface area contributed by atoms with Gasteiger partial charge in [-0.25, -0.2) is 0 Å². The van der Waals surface area contributed by atoms with Crippen molar-refractivity contribution in [3.63, 3.8) is 0 Å². The van der Waals surface area contributed by atoms with Gasteiger partial charge >= 0.3 is 0 Å². The van der Waals surface area contributed by atoms with Gasteiger partial charge in [-0.15, -0.1) is 0 Å². The molecule has 0 aliphatic carbocycles. The van der Waals surface area contributed by atoms with Crippen molar-refractivity contribution in [2.45, 2.75) is 6.42 Å². The normalized spacial score (nSPS) is 19.8. The molecule has 0 bridgehead atoms. The highest BCUT2D eigenvalue weighted by Crippen LogP contribution is 2.26. The molecule has 1 atom stereocenters. The van der Waals surface area contributed by atoms with Gasteiger partial charge < -0.3 is 10.6 Å². The lowest BCUT2D eigenvalue weighted by Crippen LogP contribution is -2.24. The first-order valence-corrected chi connectivity index (χ1v) is 6.72. The number of amides is 1. The highest BCUT2D eigenvalue weighted by molar-refractivity contribution is 9.11. The third kappa shape index (κ3) is 2.84. The molecule has 2 N–H and O–H groups in total. The largest absolute Gasteiger partial charge is 0.325 e. The first-order chi connectivity index (χ1) is 7.66. The minimum Gasteiger partial charge on any atom is -0.325 e. The highest BCUT2D eigenvalue weighted by Gasteiger charge is 2.22. The van der Waals surface area contributed by atoms with E-state index in [2.05, 4.69) is 42.5 Å². The molecule has 1 amide bonds. The quantitative estimate of drug-likeness (QED) is 0.863. The molecule has 1 aliphatic rings. The number of benzene rings is 1. The lowest BCUT2D eigenvalue weighted by molar-refractivity contribution is -0.119. The number of hydrogen-bond acceptors (Lipinski definition) is 2. The Morgan fingerprint density at radius 3 is 2.88 bits per heavy atom. The number of nitrogens with one attached hydrogen (secondary N) is 2. The summed E-state index contributed by atoms with van der Waals surface area (Å²) in [4.78, 5) is 11.9. The molecule has 1 fully saturated rings. The van der Waals surface area contributed by atoms with Crippen LogP contribution in [-0.4, -0.2) is 19.0 Å². The van der Waals surface area contributed by atoms with E-state index in [9.17, 15) is 4.79 Å². The summed E-state index contributed by atoms with van der Waals surface area (Å²) in [7, 11) is 0. The van der Waals surface area contributed by atoms with Gasteiger partial charge in [0.1, 0.15) is 0 Å². The van der Waals surface area contributed by atoms with E-state index < -0.39 is 0 Å². The van der Waals surface area contributed by atoms with E-state index in [-0.39, 0.29) is 11.8 Å². The van der Waals surface area contributed by atoms with Crippen LogP contribution in [0.25, 0.3) is 0 Å². The van der Waals surface area contributed by atoms with Gasteiger partial charge in [0.2, 0.25) is 5.91 Å². The average Bonchev–Trinajstić information content (AvgIpc) is 2.75. The standard InChI is InChI=1S/C11H12Br2N2O/c12-8-1-2-10(9(13)5-8)15-11(16)7-3-4-14-6-7/h1-2,5,7,14H,3-4,6H2,(H,15,16). The smallest absolute Gasteiger partial charge is 0.228 e. The van der Waals surface area contributed by atoms with E-state index >= 15 is 0 Å². The molecule has 0 saturated carbocycles. The second kappa shape index (κ2) is 5.29. The molecule has 86 valence electrons. The maximum Gasteiger partial charge on any atom is 0.228 e. The molecule has 1 aliphatic heterocycles. The van der Waals surface area contributed by atoms with Crippen molar-refractivity contribution < 1.29 is 4.79 Å². The zero-order valence-electron chi connectivity index (χ0n) is 8.59. The zero-order chi connectivity index (χ0) is 11.5. The molecule has 5 heteroatoms. The molecule has 1 aromatic rings. The van der Waals surface area contributed by atoms with Gasteiger partial charge in [0.25, 0.3) is 0 Å². The fraction of sp³-hybridized carbons (Fsp3) is 0.364. The Morgan fingerprint density at radius 1 is 1.44 bits per heavy atom. The summed E-state index contributed by atoms with van der Waals surface area (Å²) in [5.74, 6) is 0.184. The summed E-state index contributed by atoms with van der Waals surface area (Å²) in [6.07, 6.45) is 0.917. The zero-order valence-corrected chi connectivity index (χ0v) is 11.8. The van der Waals surface area contributed by atoms with Gasteiger partial charge in [-0.2, -0.15) is 0 Å². The van der Waals surface area contributed by atoms with Crippen molar-refractivity contribution in [3.05, 3.63) is 27.1 Å². The number of anilines is 1. The van der Waals surface area contributed by atoms with Gasteiger partial charge in [-0.3, -0.25) is 4.79 Å². The first kappa shape index (κ1) is 12.1. The fourth-order valence-electron chi connectivity index (χ4n) is 1.70. The van der Waals surface area contributed by atoms with Crippen LogP contribution in [0.5, 0.6) is 0 Å². The van der Waals surface area contributed by atoms with Gasteiger partial charge in [0, 0.05) is 15.5 Å². The van der Waals surface area contributed by atoms with Gasteiger partial charge in [-0.1, -0.05) is 15.9 Å². The molecular formula is C11H12Br2N2O. The fourth-order valence-corrected chi connectivity index (χ4v) is 2.85. The second-order valence-corrected chi connectivity index (χ2v) is 5.57. The van der Waals surface area contributed by atoms with Gasteiger partial charge in [0.05, 0.1) is 11.6 Å². The van der Waals surface area contributed by atoms with Crippen LogP contribution in [0, 0.1) is 5.92 Å². The summed E-state index contributed by atoms with van der Waals surface area (Å²) in [5.41, 5.74) is 0.820. The van der Waals surface area contributed by atoms with Crippen LogP contribution in [0.4, 0.5) is 5.69 Å². The Hall–Kier alpha value is -0.390. The van der Waals surface area contributed by atoms with Crippen molar-refractivity contribution in [1.29, 1.82) is 0 Å². The Bertz CT molecular complexity index is 403. The third-order valence-corrected chi connectivity index (χ3v) is 3.77. The predicted molar refractivity (Wildman–Crippen MR) is 71.4 cm³/mol. The van der Waals surface area contributed by atoms with Crippen LogP contribution in [-0.2, 0) is 4.79 Å². The van der Waals surface area contributed by atoms with Crippen LogP contribution < -0.4 is 10.6 Å². The molecule has 1 saturated heterocycles. The first-order valence-electron chi connectivity index (χ1n) is 5.13. The maximum atomic E-state index is 11.9. The van der Waals surface area contributed by atoms with Crippen molar-refractivity contribution in [2.75, 3.05) is 18.4 Å². The molecule has 1 aromatic carbocycles. The van der Waals surface area contributed by atoms with E-state index in [1.54, 1.807) is 0 Å². The van der Waals surface area contributed by atoms with Crippen molar-refractivity contribution in [3.8, 4) is 0 Å².